The third kappa shape index (κ3) is 4.01. The van der Waals surface area contributed by atoms with Crippen molar-refractivity contribution in [3.63, 3.8) is 0 Å². The zero-order valence-corrected chi connectivity index (χ0v) is 11.8. The Morgan fingerprint density at radius 3 is 2.42 bits per heavy atom. The van der Waals surface area contributed by atoms with Crippen LogP contribution in [0, 0.1) is 6.92 Å². The zero-order valence-electron chi connectivity index (χ0n) is 11.8. The van der Waals surface area contributed by atoms with Crippen molar-refractivity contribution in [3.05, 3.63) is 34.9 Å². The lowest BCUT2D eigenvalue weighted by Gasteiger charge is -2.34. The van der Waals surface area contributed by atoms with Crippen molar-refractivity contribution >= 4 is 0 Å². The van der Waals surface area contributed by atoms with Crippen LogP contribution in [-0.2, 0) is 13.1 Å². The van der Waals surface area contributed by atoms with Gasteiger partial charge >= 0.3 is 0 Å². The summed E-state index contributed by atoms with van der Waals surface area (Å²) in [6, 6.07) is 6.53. The van der Waals surface area contributed by atoms with E-state index >= 15 is 0 Å². The Morgan fingerprint density at radius 2 is 1.84 bits per heavy atom. The molecule has 0 amide bonds. The summed E-state index contributed by atoms with van der Waals surface area (Å²) >= 11 is 0. The number of nitrogens with two attached hydrogens (primary N) is 1. The Balaban J connectivity index is 1.88. The lowest BCUT2D eigenvalue weighted by atomic mass is 10.0. The number of rotatable bonds is 5. The van der Waals surface area contributed by atoms with Crippen LogP contribution < -0.4 is 5.73 Å². The van der Waals surface area contributed by atoms with E-state index in [0.29, 0.717) is 6.54 Å². The van der Waals surface area contributed by atoms with Gasteiger partial charge in [0.2, 0.25) is 0 Å². The standard InChI is InChI=1S/C15H25N3O/c1-13-10-14(11-16)2-3-15(13)12-18-6-4-17(5-7-18)8-9-19/h2-3,10,19H,4-9,11-12,16H2,1H3. The van der Waals surface area contributed by atoms with Crippen molar-refractivity contribution in [3.8, 4) is 0 Å². The Morgan fingerprint density at radius 1 is 1.16 bits per heavy atom. The number of aliphatic hydroxyl groups is 1. The molecule has 4 nitrogen and oxygen atoms in total. The van der Waals surface area contributed by atoms with Gasteiger partial charge in [0, 0.05) is 45.8 Å². The van der Waals surface area contributed by atoms with Gasteiger partial charge in [0.1, 0.15) is 0 Å². The predicted octanol–water partition coefficient (Wildman–Crippen LogP) is 0.564. The molecular weight excluding hydrogens is 238 g/mol. The Hall–Kier alpha value is -0.940. The van der Waals surface area contributed by atoms with Crippen LogP contribution in [0.3, 0.4) is 0 Å². The highest BCUT2D eigenvalue weighted by molar-refractivity contribution is 5.31. The van der Waals surface area contributed by atoms with Crippen LogP contribution in [-0.4, -0.2) is 54.2 Å². The second-order valence-electron chi connectivity index (χ2n) is 5.31. The fourth-order valence-corrected chi connectivity index (χ4v) is 2.62. The van der Waals surface area contributed by atoms with E-state index in [1.165, 1.54) is 16.7 Å². The molecule has 2 rings (SSSR count). The summed E-state index contributed by atoms with van der Waals surface area (Å²) in [7, 11) is 0. The van der Waals surface area contributed by atoms with Crippen LogP contribution in [0.1, 0.15) is 16.7 Å². The Bertz CT molecular complexity index is 400. The molecule has 1 aliphatic heterocycles. The highest BCUT2D eigenvalue weighted by atomic mass is 16.3. The molecule has 0 aliphatic carbocycles. The lowest BCUT2D eigenvalue weighted by molar-refractivity contribution is 0.108. The second kappa shape index (κ2) is 7.01. The number of aliphatic hydroxyl groups excluding tert-OH is 1. The molecule has 1 aliphatic rings. The maximum absolute atomic E-state index is 8.94. The minimum absolute atomic E-state index is 0.264. The largest absolute Gasteiger partial charge is 0.395 e. The van der Waals surface area contributed by atoms with Gasteiger partial charge in [0.05, 0.1) is 6.61 Å². The molecule has 4 heteroatoms. The summed E-state index contributed by atoms with van der Waals surface area (Å²) in [6.45, 7) is 9.13. The molecule has 1 saturated heterocycles. The van der Waals surface area contributed by atoms with Crippen molar-refractivity contribution in [2.75, 3.05) is 39.3 Å². The lowest BCUT2D eigenvalue weighted by Crippen LogP contribution is -2.46. The summed E-state index contributed by atoms with van der Waals surface area (Å²) < 4.78 is 0. The second-order valence-corrected chi connectivity index (χ2v) is 5.31. The Kier molecular flexibility index (Phi) is 5.34. The fourth-order valence-electron chi connectivity index (χ4n) is 2.62. The van der Waals surface area contributed by atoms with Crippen molar-refractivity contribution in [2.45, 2.75) is 20.0 Å². The van der Waals surface area contributed by atoms with Crippen LogP contribution in [0.4, 0.5) is 0 Å². The van der Waals surface area contributed by atoms with Gasteiger partial charge in [-0.3, -0.25) is 9.80 Å². The maximum Gasteiger partial charge on any atom is 0.0558 e. The number of β-amino-alcohol motifs (C(OH)–C–C–N with tert-alkyl or cyclic N) is 1. The smallest absolute Gasteiger partial charge is 0.0558 e. The molecule has 106 valence electrons. The van der Waals surface area contributed by atoms with Crippen LogP contribution in [0.25, 0.3) is 0 Å². The molecule has 1 heterocycles. The number of hydrogen-bond donors (Lipinski definition) is 2. The molecule has 0 spiro atoms. The average molecular weight is 263 g/mol. The molecule has 0 radical (unpaired) electrons. The molecule has 0 aromatic heterocycles. The number of benzene rings is 1. The highest BCUT2D eigenvalue weighted by Gasteiger charge is 2.16. The van der Waals surface area contributed by atoms with Crippen molar-refractivity contribution in [1.29, 1.82) is 0 Å². The number of aryl methyl sites for hydroxylation is 1. The SMILES string of the molecule is Cc1cc(CN)ccc1CN1CCN(CCO)CC1. The van der Waals surface area contributed by atoms with Gasteiger partial charge in [-0.05, 0) is 23.6 Å². The highest BCUT2D eigenvalue weighted by Crippen LogP contribution is 2.14. The first kappa shape index (κ1) is 14.5. The van der Waals surface area contributed by atoms with Gasteiger partial charge in [0.25, 0.3) is 0 Å². The van der Waals surface area contributed by atoms with E-state index in [0.717, 1.165) is 39.3 Å². The number of hydrogen-bond acceptors (Lipinski definition) is 4. The van der Waals surface area contributed by atoms with Crippen molar-refractivity contribution < 1.29 is 5.11 Å². The first-order valence-corrected chi connectivity index (χ1v) is 7.07. The molecule has 1 aromatic carbocycles. The minimum Gasteiger partial charge on any atom is -0.395 e. The van der Waals surface area contributed by atoms with Gasteiger partial charge in [0.15, 0.2) is 0 Å². The van der Waals surface area contributed by atoms with E-state index in [1.54, 1.807) is 0 Å². The summed E-state index contributed by atoms with van der Waals surface area (Å²) in [6.07, 6.45) is 0. The normalized spacial score (nSPS) is 17.8. The monoisotopic (exact) mass is 263 g/mol. The van der Waals surface area contributed by atoms with E-state index in [1.807, 2.05) is 0 Å². The molecule has 0 saturated carbocycles. The first-order valence-electron chi connectivity index (χ1n) is 7.07. The molecule has 3 N–H and O–H groups in total. The molecular formula is C15H25N3O. The molecule has 19 heavy (non-hydrogen) atoms. The van der Waals surface area contributed by atoms with Crippen LogP contribution in [0.5, 0.6) is 0 Å². The van der Waals surface area contributed by atoms with E-state index in [2.05, 4.69) is 34.9 Å². The zero-order chi connectivity index (χ0) is 13.7. The summed E-state index contributed by atoms with van der Waals surface area (Å²) in [4.78, 5) is 4.80. The van der Waals surface area contributed by atoms with E-state index in [9.17, 15) is 0 Å². The molecule has 0 atom stereocenters. The van der Waals surface area contributed by atoms with Gasteiger partial charge in [-0.25, -0.2) is 0 Å². The van der Waals surface area contributed by atoms with Crippen molar-refractivity contribution in [2.24, 2.45) is 5.73 Å². The summed E-state index contributed by atoms with van der Waals surface area (Å²) in [5.41, 5.74) is 9.59. The topological polar surface area (TPSA) is 52.7 Å². The van der Waals surface area contributed by atoms with Gasteiger partial charge in [-0.2, -0.15) is 0 Å². The Labute approximate surface area is 115 Å². The molecule has 1 fully saturated rings. The van der Waals surface area contributed by atoms with Crippen molar-refractivity contribution in [1.82, 2.24) is 9.80 Å². The van der Waals surface area contributed by atoms with E-state index in [-0.39, 0.29) is 6.61 Å². The van der Waals surface area contributed by atoms with E-state index < -0.39 is 0 Å². The quantitative estimate of drug-likeness (QED) is 0.815. The summed E-state index contributed by atoms with van der Waals surface area (Å²) in [5, 5.41) is 8.94. The maximum atomic E-state index is 8.94. The van der Waals surface area contributed by atoms with Crippen LogP contribution in [0.2, 0.25) is 0 Å². The average Bonchev–Trinajstić information content (AvgIpc) is 2.43. The molecule has 0 bridgehead atoms. The number of nitrogens with zero attached hydrogens (tertiary/aromatic N) is 2. The van der Waals surface area contributed by atoms with Crippen LogP contribution >= 0.6 is 0 Å². The number of piperazine rings is 1. The first-order chi connectivity index (χ1) is 9.22. The van der Waals surface area contributed by atoms with E-state index in [4.69, 9.17) is 10.8 Å². The van der Waals surface area contributed by atoms with Gasteiger partial charge < -0.3 is 10.8 Å². The molecule has 0 unspecified atom stereocenters. The van der Waals surface area contributed by atoms with Crippen LogP contribution in [0.15, 0.2) is 18.2 Å². The third-order valence-corrected chi connectivity index (χ3v) is 3.92. The molecule has 1 aromatic rings. The minimum atomic E-state index is 0.264. The summed E-state index contributed by atoms with van der Waals surface area (Å²) in [5.74, 6) is 0. The van der Waals surface area contributed by atoms with Gasteiger partial charge in [-0.1, -0.05) is 18.2 Å². The fraction of sp³-hybridized carbons (Fsp3) is 0.600. The predicted molar refractivity (Wildman–Crippen MR) is 77.9 cm³/mol. The third-order valence-electron chi connectivity index (χ3n) is 3.92. The van der Waals surface area contributed by atoms with Gasteiger partial charge in [-0.15, -0.1) is 0 Å².